The molecule has 1 atom stereocenters. The predicted octanol–water partition coefficient (Wildman–Crippen LogP) is 0.584. The van der Waals surface area contributed by atoms with Crippen molar-refractivity contribution in [2.75, 3.05) is 44.3 Å². The van der Waals surface area contributed by atoms with Crippen molar-refractivity contribution in [3.63, 3.8) is 0 Å². The average molecular weight is 336 g/mol. The van der Waals surface area contributed by atoms with E-state index in [1.165, 1.54) is 0 Å². The molecule has 3 rings (SSSR count). The zero-order valence-corrected chi connectivity index (χ0v) is 13.7. The maximum atomic E-state index is 12.8. The lowest BCUT2D eigenvalue weighted by Gasteiger charge is -2.37. The summed E-state index contributed by atoms with van der Waals surface area (Å²) in [5.74, 6) is 0. The highest BCUT2D eigenvalue weighted by Crippen LogP contribution is 2.25. The molecule has 2 fully saturated rings. The summed E-state index contributed by atoms with van der Waals surface area (Å²) in [6, 6.07) is 5.48. The number of sulfonamides is 1. The van der Waals surface area contributed by atoms with E-state index >= 15 is 0 Å². The molecule has 1 aromatic heterocycles. The molecule has 23 heavy (non-hydrogen) atoms. The Morgan fingerprint density at radius 3 is 2.70 bits per heavy atom. The van der Waals surface area contributed by atoms with Gasteiger partial charge in [-0.15, -0.1) is 0 Å². The SMILES string of the molecule is N#Cc1ccc(N2CCC[C@H](S(=O)(=O)N3CCOCC3)C2)cn1. The molecule has 7 nitrogen and oxygen atoms in total. The third-order valence-corrected chi connectivity index (χ3v) is 6.67. The van der Waals surface area contributed by atoms with Gasteiger partial charge in [0.15, 0.2) is 0 Å². The normalized spacial score (nSPS) is 23.4. The lowest BCUT2D eigenvalue weighted by atomic mass is 10.1. The van der Waals surface area contributed by atoms with E-state index in [0.717, 1.165) is 18.7 Å². The summed E-state index contributed by atoms with van der Waals surface area (Å²) < 4.78 is 32.4. The zero-order valence-electron chi connectivity index (χ0n) is 12.9. The minimum atomic E-state index is -3.30. The molecule has 0 aliphatic carbocycles. The second-order valence-electron chi connectivity index (χ2n) is 5.78. The lowest BCUT2D eigenvalue weighted by molar-refractivity contribution is 0.0725. The number of piperidine rings is 1. The number of nitrogens with zero attached hydrogens (tertiary/aromatic N) is 4. The molecule has 0 radical (unpaired) electrons. The number of hydrogen-bond donors (Lipinski definition) is 0. The molecule has 0 unspecified atom stereocenters. The molecular weight excluding hydrogens is 316 g/mol. The van der Waals surface area contributed by atoms with Gasteiger partial charge >= 0.3 is 0 Å². The van der Waals surface area contributed by atoms with Crippen molar-refractivity contribution in [1.82, 2.24) is 9.29 Å². The second-order valence-corrected chi connectivity index (χ2v) is 7.99. The summed E-state index contributed by atoms with van der Waals surface area (Å²) in [5.41, 5.74) is 1.23. The molecule has 0 spiro atoms. The number of rotatable bonds is 3. The minimum absolute atomic E-state index is 0.364. The van der Waals surface area contributed by atoms with E-state index in [0.29, 0.717) is 45.0 Å². The summed E-state index contributed by atoms with van der Waals surface area (Å²) in [6.45, 7) is 3.09. The van der Waals surface area contributed by atoms with Crippen LogP contribution in [0.3, 0.4) is 0 Å². The fourth-order valence-electron chi connectivity index (χ4n) is 3.07. The first-order valence-electron chi connectivity index (χ1n) is 7.79. The molecule has 2 aliphatic rings. The zero-order chi connectivity index (χ0) is 16.3. The van der Waals surface area contributed by atoms with Gasteiger partial charge in [-0.25, -0.2) is 13.4 Å². The van der Waals surface area contributed by atoms with E-state index in [1.807, 2.05) is 17.0 Å². The molecule has 0 saturated carbocycles. The van der Waals surface area contributed by atoms with Gasteiger partial charge in [-0.2, -0.15) is 9.57 Å². The Kier molecular flexibility index (Phi) is 4.80. The van der Waals surface area contributed by atoms with Gasteiger partial charge in [0.1, 0.15) is 11.8 Å². The van der Waals surface area contributed by atoms with E-state index in [9.17, 15) is 8.42 Å². The predicted molar refractivity (Wildman–Crippen MR) is 85.5 cm³/mol. The molecule has 2 aliphatic heterocycles. The molecule has 3 heterocycles. The Bertz CT molecular complexity index is 678. The number of anilines is 1. The van der Waals surface area contributed by atoms with Crippen LogP contribution in [0.2, 0.25) is 0 Å². The van der Waals surface area contributed by atoms with Gasteiger partial charge in [-0.3, -0.25) is 0 Å². The first-order valence-corrected chi connectivity index (χ1v) is 9.29. The summed E-state index contributed by atoms with van der Waals surface area (Å²) in [6.07, 6.45) is 3.15. The van der Waals surface area contributed by atoms with Gasteiger partial charge < -0.3 is 9.64 Å². The van der Waals surface area contributed by atoms with Crippen molar-refractivity contribution in [3.8, 4) is 6.07 Å². The Morgan fingerprint density at radius 2 is 2.04 bits per heavy atom. The lowest BCUT2D eigenvalue weighted by Crippen LogP contribution is -2.50. The monoisotopic (exact) mass is 336 g/mol. The molecule has 124 valence electrons. The third kappa shape index (κ3) is 3.47. The van der Waals surface area contributed by atoms with Crippen molar-refractivity contribution in [3.05, 3.63) is 24.0 Å². The maximum absolute atomic E-state index is 12.8. The van der Waals surface area contributed by atoms with E-state index in [4.69, 9.17) is 10.00 Å². The number of morpholine rings is 1. The smallest absolute Gasteiger partial charge is 0.218 e. The molecule has 8 heteroatoms. The van der Waals surface area contributed by atoms with Crippen molar-refractivity contribution in [1.29, 1.82) is 5.26 Å². The molecular formula is C15H20N4O3S. The largest absolute Gasteiger partial charge is 0.379 e. The van der Waals surface area contributed by atoms with Crippen LogP contribution in [-0.2, 0) is 14.8 Å². The number of nitriles is 1. The van der Waals surface area contributed by atoms with Gasteiger partial charge in [-0.1, -0.05) is 0 Å². The highest BCUT2D eigenvalue weighted by molar-refractivity contribution is 7.89. The second kappa shape index (κ2) is 6.83. The van der Waals surface area contributed by atoms with E-state index in [-0.39, 0.29) is 0 Å². The minimum Gasteiger partial charge on any atom is -0.379 e. The van der Waals surface area contributed by atoms with Crippen LogP contribution in [0.4, 0.5) is 5.69 Å². The molecule has 0 bridgehead atoms. The number of aromatic nitrogens is 1. The van der Waals surface area contributed by atoms with Crippen LogP contribution in [0.25, 0.3) is 0 Å². The van der Waals surface area contributed by atoms with Crippen LogP contribution in [0, 0.1) is 11.3 Å². The molecule has 2 saturated heterocycles. The van der Waals surface area contributed by atoms with Gasteiger partial charge in [0.05, 0.1) is 30.3 Å². The van der Waals surface area contributed by atoms with Crippen molar-refractivity contribution >= 4 is 15.7 Å². The number of pyridine rings is 1. The fraction of sp³-hybridized carbons (Fsp3) is 0.600. The van der Waals surface area contributed by atoms with E-state index < -0.39 is 15.3 Å². The third-order valence-electron chi connectivity index (χ3n) is 4.36. The Morgan fingerprint density at radius 1 is 1.26 bits per heavy atom. The summed E-state index contributed by atoms with van der Waals surface area (Å²) >= 11 is 0. The van der Waals surface area contributed by atoms with Crippen molar-refractivity contribution < 1.29 is 13.2 Å². The van der Waals surface area contributed by atoms with Crippen LogP contribution in [0.5, 0.6) is 0 Å². The number of hydrogen-bond acceptors (Lipinski definition) is 6. The van der Waals surface area contributed by atoms with Gasteiger partial charge in [-0.05, 0) is 25.0 Å². The van der Waals surface area contributed by atoms with Crippen molar-refractivity contribution in [2.45, 2.75) is 18.1 Å². The van der Waals surface area contributed by atoms with Crippen LogP contribution in [0.15, 0.2) is 18.3 Å². The summed E-state index contributed by atoms with van der Waals surface area (Å²) in [4.78, 5) is 6.11. The molecule has 1 aromatic rings. The fourth-order valence-corrected chi connectivity index (χ4v) is 4.98. The maximum Gasteiger partial charge on any atom is 0.218 e. The van der Waals surface area contributed by atoms with E-state index in [2.05, 4.69) is 4.98 Å². The number of ether oxygens (including phenoxy) is 1. The molecule has 0 aromatic carbocycles. The Hall–Kier alpha value is -1.69. The quantitative estimate of drug-likeness (QED) is 0.803. The highest BCUT2D eigenvalue weighted by Gasteiger charge is 2.36. The summed E-state index contributed by atoms with van der Waals surface area (Å²) in [5, 5.41) is 8.41. The topological polar surface area (TPSA) is 86.5 Å². The van der Waals surface area contributed by atoms with Gasteiger partial charge in [0.25, 0.3) is 0 Å². The Labute approximate surface area is 136 Å². The Balaban J connectivity index is 1.73. The van der Waals surface area contributed by atoms with Gasteiger partial charge in [0.2, 0.25) is 10.0 Å². The molecule has 0 amide bonds. The van der Waals surface area contributed by atoms with Crippen LogP contribution < -0.4 is 4.90 Å². The first kappa shape index (κ1) is 16.2. The van der Waals surface area contributed by atoms with Crippen molar-refractivity contribution in [2.24, 2.45) is 0 Å². The van der Waals surface area contributed by atoms with E-state index in [1.54, 1.807) is 16.6 Å². The summed E-state index contributed by atoms with van der Waals surface area (Å²) in [7, 11) is -3.30. The first-order chi connectivity index (χ1) is 11.1. The highest BCUT2D eigenvalue weighted by atomic mass is 32.2. The standard InChI is InChI=1S/C15H20N4O3S/c16-10-13-3-4-14(11-17-13)18-5-1-2-15(12-18)23(20,21)19-6-8-22-9-7-19/h3-4,11,15H,1-2,5-9,12H2/t15-/m0/s1. The van der Waals surface area contributed by atoms with Gasteiger partial charge in [0, 0.05) is 26.2 Å². The molecule has 0 N–H and O–H groups in total. The van der Waals surface area contributed by atoms with Crippen LogP contribution >= 0.6 is 0 Å². The average Bonchev–Trinajstić information content (AvgIpc) is 2.62. The van der Waals surface area contributed by atoms with Crippen LogP contribution in [-0.4, -0.2) is 62.3 Å². The van der Waals surface area contributed by atoms with Crippen LogP contribution in [0.1, 0.15) is 18.5 Å².